The van der Waals surface area contributed by atoms with E-state index in [9.17, 15) is 15.0 Å². The van der Waals surface area contributed by atoms with Gasteiger partial charge in [0.2, 0.25) is 0 Å². The first kappa shape index (κ1) is 17.1. The lowest BCUT2D eigenvalue weighted by Crippen LogP contribution is -2.67. The van der Waals surface area contributed by atoms with E-state index in [4.69, 9.17) is 14.2 Å². The average molecular weight is 372 g/mol. The SMILES string of the molecule is COc1ccc2c3c1O[C@H]1C(OC(=O)[C@H](C)O)=CC[C@@]4(O)[C@H](CCC[C@]314)C2. The molecule has 1 saturated carbocycles. The third-order valence-electron chi connectivity index (χ3n) is 7.03. The highest BCUT2D eigenvalue weighted by Crippen LogP contribution is 2.67. The van der Waals surface area contributed by atoms with Crippen molar-refractivity contribution in [2.45, 2.75) is 62.3 Å². The summed E-state index contributed by atoms with van der Waals surface area (Å²) >= 11 is 0. The van der Waals surface area contributed by atoms with Gasteiger partial charge in [-0.3, -0.25) is 0 Å². The second kappa shape index (κ2) is 5.49. The third-order valence-corrected chi connectivity index (χ3v) is 7.03. The summed E-state index contributed by atoms with van der Waals surface area (Å²) in [5.41, 5.74) is 0.632. The molecule has 3 aliphatic carbocycles. The molecule has 6 heteroatoms. The first-order chi connectivity index (χ1) is 12.9. The summed E-state index contributed by atoms with van der Waals surface area (Å²) < 4.78 is 17.4. The fourth-order valence-corrected chi connectivity index (χ4v) is 5.88. The van der Waals surface area contributed by atoms with Gasteiger partial charge in [0.25, 0.3) is 0 Å². The van der Waals surface area contributed by atoms with Gasteiger partial charge in [-0.1, -0.05) is 12.5 Å². The van der Waals surface area contributed by atoms with E-state index in [-0.39, 0.29) is 5.92 Å². The van der Waals surface area contributed by atoms with E-state index in [1.165, 1.54) is 12.5 Å². The number of aliphatic hydroxyl groups is 2. The summed E-state index contributed by atoms with van der Waals surface area (Å²) in [6.45, 7) is 1.38. The van der Waals surface area contributed by atoms with Gasteiger partial charge in [0.05, 0.1) is 18.1 Å². The summed E-state index contributed by atoms with van der Waals surface area (Å²) in [7, 11) is 1.60. The third kappa shape index (κ3) is 1.95. The van der Waals surface area contributed by atoms with Crippen molar-refractivity contribution >= 4 is 5.97 Å². The Kier molecular flexibility index (Phi) is 3.47. The van der Waals surface area contributed by atoms with Crippen LogP contribution in [0.4, 0.5) is 0 Å². The minimum Gasteiger partial charge on any atom is -0.493 e. The average Bonchev–Trinajstić information content (AvgIpc) is 2.98. The molecule has 0 saturated heterocycles. The maximum absolute atomic E-state index is 12.1. The highest BCUT2D eigenvalue weighted by molar-refractivity contribution is 5.75. The lowest BCUT2D eigenvalue weighted by Gasteiger charge is -2.59. The normalized spacial score (nSPS) is 36.2. The topological polar surface area (TPSA) is 85.2 Å². The van der Waals surface area contributed by atoms with E-state index < -0.39 is 29.2 Å². The number of ether oxygens (including phenoxy) is 3. The molecule has 1 spiro atoms. The lowest BCUT2D eigenvalue weighted by molar-refractivity contribution is -0.164. The Labute approximate surface area is 157 Å². The highest BCUT2D eigenvalue weighted by atomic mass is 16.6. The van der Waals surface area contributed by atoms with Gasteiger partial charge in [0.1, 0.15) is 11.9 Å². The van der Waals surface area contributed by atoms with Crippen LogP contribution in [0.3, 0.4) is 0 Å². The maximum Gasteiger partial charge on any atom is 0.339 e. The molecule has 1 aromatic rings. The molecular weight excluding hydrogens is 348 g/mol. The molecule has 0 radical (unpaired) electrons. The Morgan fingerprint density at radius 1 is 1.41 bits per heavy atom. The number of carbonyl (C=O) groups excluding carboxylic acids is 1. The van der Waals surface area contributed by atoms with Crippen LogP contribution in [0, 0.1) is 5.92 Å². The van der Waals surface area contributed by atoms with E-state index in [1.54, 1.807) is 13.2 Å². The van der Waals surface area contributed by atoms with Crippen LogP contribution < -0.4 is 9.47 Å². The number of esters is 1. The van der Waals surface area contributed by atoms with Crippen LogP contribution >= 0.6 is 0 Å². The number of benzene rings is 1. The van der Waals surface area contributed by atoms with E-state index in [2.05, 4.69) is 6.07 Å². The number of hydrogen-bond acceptors (Lipinski definition) is 6. The Morgan fingerprint density at radius 2 is 2.22 bits per heavy atom. The molecule has 5 atom stereocenters. The van der Waals surface area contributed by atoms with Crippen molar-refractivity contribution in [2.24, 2.45) is 5.92 Å². The van der Waals surface area contributed by atoms with Crippen LogP contribution in [0.5, 0.6) is 11.5 Å². The van der Waals surface area contributed by atoms with Crippen molar-refractivity contribution in [1.82, 2.24) is 0 Å². The van der Waals surface area contributed by atoms with Gasteiger partial charge in [0, 0.05) is 5.56 Å². The molecule has 6 nitrogen and oxygen atoms in total. The monoisotopic (exact) mass is 372 g/mol. The predicted octanol–water partition coefficient (Wildman–Crippen LogP) is 1.99. The summed E-state index contributed by atoms with van der Waals surface area (Å²) in [4.78, 5) is 12.1. The summed E-state index contributed by atoms with van der Waals surface area (Å²) in [6.07, 6.45) is 3.92. The van der Waals surface area contributed by atoms with Crippen LogP contribution in [-0.2, 0) is 21.4 Å². The smallest absolute Gasteiger partial charge is 0.339 e. The summed E-state index contributed by atoms with van der Waals surface area (Å²) in [6, 6.07) is 3.98. The second-order valence-electron chi connectivity index (χ2n) is 8.23. The quantitative estimate of drug-likeness (QED) is 0.790. The number of carbonyl (C=O) groups is 1. The zero-order valence-electron chi connectivity index (χ0n) is 15.5. The molecule has 1 aliphatic heterocycles. The number of aliphatic hydroxyl groups excluding tert-OH is 1. The highest BCUT2D eigenvalue weighted by Gasteiger charge is 2.70. The van der Waals surface area contributed by atoms with Crippen molar-refractivity contribution in [3.05, 3.63) is 35.1 Å². The molecule has 2 bridgehead atoms. The second-order valence-corrected chi connectivity index (χ2v) is 8.23. The van der Waals surface area contributed by atoms with Gasteiger partial charge in [-0.2, -0.15) is 0 Å². The van der Waals surface area contributed by atoms with Gasteiger partial charge in [-0.15, -0.1) is 0 Å². The fourth-order valence-electron chi connectivity index (χ4n) is 5.88. The van der Waals surface area contributed by atoms with Crippen LogP contribution in [0.25, 0.3) is 0 Å². The number of methoxy groups -OCH3 is 1. The zero-order valence-corrected chi connectivity index (χ0v) is 15.5. The molecule has 0 unspecified atom stereocenters. The Balaban J connectivity index is 1.71. The van der Waals surface area contributed by atoms with Gasteiger partial charge >= 0.3 is 5.97 Å². The molecule has 1 aromatic carbocycles. The van der Waals surface area contributed by atoms with Crippen LogP contribution in [0.1, 0.15) is 43.7 Å². The first-order valence-electron chi connectivity index (χ1n) is 9.61. The van der Waals surface area contributed by atoms with Crippen LogP contribution in [-0.4, -0.2) is 41.1 Å². The number of rotatable bonds is 3. The Morgan fingerprint density at radius 3 is 2.96 bits per heavy atom. The predicted molar refractivity (Wildman–Crippen MR) is 95.6 cm³/mol. The Bertz CT molecular complexity index is 858. The van der Waals surface area contributed by atoms with Crippen LogP contribution in [0.2, 0.25) is 0 Å². The molecule has 0 amide bonds. The maximum atomic E-state index is 12.1. The van der Waals surface area contributed by atoms with Crippen molar-refractivity contribution in [3.63, 3.8) is 0 Å². The molecule has 0 aromatic heterocycles. The molecule has 1 heterocycles. The molecular formula is C21H24O6. The van der Waals surface area contributed by atoms with Crippen molar-refractivity contribution in [2.75, 3.05) is 7.11 Å². The lowest BCUT2D eigenvalue weighted by atomic mass is 9.47. The minimum absolute atomic E-state index is 0.148. The fraction of sp³-hybridized carbons (Fsp3) is 0.571. The van der Waals surface area contributed by atoms with Gasteiger partial charge in [-0.05, 0) is 56.2 Å². The van der Waals surface area contributed by atoms with Crippen LogP contribution in [0.15, 0.2) is 24.0 Å². The molecule has 4 aliphatic rings. The van der Waals surface area contributed by atoms with Crippen molar-refractivity contribution < 1.29 is 29.2 Å². The Hall–Kier alpha value is -2.05. The molecule has 1 fully saturated rings. The summed E-state index contributed by atoms with van der Waals surface area (Å²) in [5.74, 6) is 1.11. The molecule has 27 heavy (non-hydrogen) atoms. The van der Waals surface area contributed by atoms with Gasteiger partial charge < -0.3 is 24.4 Å². The molecule has 5 rings (SSSR count). The van der Waals surface area contributed by atoms with Gasteiger partial charge in [0.15, 0.2) is 17.6 Å². The molecule has 144 valence electrons. The van der Waals surface area contributed by atoms with Gasteiger partial charge in [-0.25, -0.2) is 4.79 Å². The number of hydrogen-bond donors (Lipinski definition) is 2. The van der Waals surface area contributed by atoms with E-state index in [0.717, 1.165) is 31.2 Å². The van der Waals surface area contributed by atoms with Crippen molar-refractivity contribution in [3.8, 4) is 11.5 Å². The summed E-state index contributed by atoms with van der Waals surface area (Å²) in [5, 5.41) is 21.4. The standard InChI is InChI=1S/C21H24O6/c1-11(22)19(23)26-15-7-9-21(24)13-4-3-8-20(21)16-12(10-13)5-6-14(25-2)17(16)27-18(15)20/h5-7,11,13,18,22,24H,3-4,8-10H2,1-2H3/t11-,13+,18-,20-,21+/m0/s1. The minimum atomic E-state index is -1.22. The van der Waals surface area contributed by atoms with E-state index >= 15 is 0 Å². The zero-order chi connectivity index (χ0) is 19.0. The van der Waals surface area contributed by atoms with E-state index in [1.807, 2.05) is 6.07 Å². The van der Waals surface area contributed by atoms with E-state index in [0.29, 0.717) is 23.7 Å². The largest absolute Gasteiger partial charge is 0.493 e. The molecule has 2 N–H and O–H groups in total. The van der Waals surface area contributed by atoms with Crippen molar-refractivity contribution in [1.29, 1.82) is 0 Å². The first-order valence-corrected chi connectivity index (χ1v) is 9.61.